The minimum atomic E-state index is -1.15. The van der Waals surface area contributed by atoms with Gasteiger partial charge in [0.2, 0.25) is 0 Å². The van der Waals surface area contributed by atoms with E-state index in [-0.39, 0.29) is 23.5 Å². The first kappa shape index (κ1) is 20.7. The molecule has 0 bridgehead atoms. The average molecular weight is 386 g/mol. The second kappa shape index (κ2) is 9.38. The molecule has 0 saturated carbocycles. The second-order valence-electron chi connectivity index (χ2n) is 5.73. The van der Waals surface area contributed by atoms with E-state index in [0.717, 1.165) is 0 Å². The standard InChI is InChI=1S/C19H18N2O7/c1-11(22)26-16-6-5-13(9-17(16)27-12(2)23)8-15(20)19(25)28-18(24)14-4-3-7-21-10-14/h3-7,9-10,15H,8,20H2,1-2H3/t15-/m0/s1. The molecule has 1 atom stereocenters. The third kappa shape index (κ3) is 5.99. The highest BCUT2D eigenvalue weighted by atomic mass is 16.6. The van der Waals surface area contributed by atoms with Gasteiger partial charge in [-0.25, -0.2) is 9.59 Å². The van der Waals surface area contributed by atoms with Crippen molar-refractivity contribution in [3.8, 4) is 11.5 Å². The Bertz CT molecular complexity index is 896. The van der Waals surface area contributed by atoms with Crippen LogP contribution in [-0.4, -0.2) is 34.9 Å². The van der Waals surface area contributed by atoms with Gasteiger partial charge >= 0.3 is 23.9 Å². The molecule has 0 aliphatic carbocycles. The molecule has 2 aromatic rings. The summed E-state index contributed by atoms with van der Waals surface area (Å²) >= 11 is 0. The van der Waals surface area contributed by atoms with Crippen molar-refractivity contribution in [3.63, 3.8) is 0 Å². The van der Waals surface area contributed by atoms with Crippen LogP contribution in [0.5, 0.6) is 11.5 Å². The van der Waals surface area contributed by atoms with Crippen LogP contribution in [0.15, 0.2) is 42.7 Å². The maximum atomic E-state index is 12.1. The molecule has 0 aliphatic heterocycles. The van der Waals surface area contributed by atoms with Crippen molar-refractivity contribution in [1.29, 1.82) is 0 Å². The van der Waals surface area contributed by atoms with Gasteiger partial charge in [0.05, 0.1) is 5.56 Å². The Kier molecular flexibility index (Phi) is 6.94. The average Bonchev–Trinajstić information content (AvgIpc) is 2.63. The summed E-state index contributed by atoms with van der Waals surface area (Å²) in [6.07, 6.45) is 2.73. The number of carbonyl (C=O) groups is 4. The lowest BCUT2D eigenvalue weighted by Gasteiger charge is -2.13. The summed E-state index contributed by atoms with van der Waals surface area (Å²) in [7, 11) is 0. The lowest BCUT2D eigenvalue weighted by Crippen LogP contribution is -2.35. The quantitative estimate of drug-likeness (QED) is 0.441. The fourth-order valence-electron chi connectivity index (χ4n) is 2.20. The van der Waals surface area contributed by atoms with E-state index >= 15 is 0 Å². The molecule has 9 nitrogen and oxygen atoms in total. The van der Waals surface area contributed by atoms with Gasteiger partial charge in [-0.3, -0.25) is 14.6 Å². The van der Waals surface area contributed by atoms with E-state index in [1.54, 1.807) is 6.07 Å². The summed E-state index contributed by atoms with van der Waals surface area (Å²) in [6.45, 7) is 2.40. The van der Waals surface area contributed by atoms with Gasteiger partial charge in [0.15, 0.2) is 11.5 Å². The molecule has 0 spiro atoms. The number of pyridine rings is 1. The lowest BCUT2D eigenvalue weighted by molar-refractivity contribution is -0.139. The van der Waals surface area contributed by atoms with Crippen LogP contribution >= 0.6 is 0 Å². The van der Waals surface area contributed by atoms with Gasteiger partial charge in [-0.2, -0.15) is 0 Å². The molecule has 28 heavy (non-hydrogen) atoms. The fourth-order valence-corrected chi connectivity index (χ4v) is 2.20. The largest absolute Gasteiger partial charge is 0.423 e. The normalized spacial score (nSPS) is 11.2. The molecule has 0 unspecified atom stereocenters. The maximum Gasteiger partial charge on any atom is 0.347 e. The molecule has 0 radical (unpaired) electrons. The van der Waals surface area contributed by atoms with Crippen LogP contribution in [0.25, 0.3) is 0 Å². The number of nitrogens with two attached hydrogens (primary N) is 1. The lowest BCUT2D eigenvalue weighted by atomic mass is 10.1. The number of hydrogen-bond donors (Lipinski definition) is 1. The molecule has 0 fully saturated rings. The molecule has 1 aromatic carbocycles. The van der Waals surface area contributed by atoms with E-state index < -0.39 is 29.9 Å². The van der Waals surface area contributed by atoms with Crippen molar-refractivity contribution in [1.82, 2.24) is 4.98 Å². The zero-order valence-corrected chi connectivity index (χ0v) is 15.2. The highest BCUT2D eigenvalue weighted by molar-refractivity contribution is 5.97. The minimum absolute atomic E-state index is 0.00618. The summed E-state index contributed by atoms with van der Waals surface area (Å²) in [6, 6.07) is 6.20. The van der Waals surface area contributed by atoms with Crippen molar-refractivity contribution in [2.24, 2.45) is 5.73 Å². The minimum Gasteiger partial charge on any atom is -0.423 e. The van der Waals surface area contributed by atoms with Crippen LogP contribution in [0.4, 0.5) is 0 Å². The predicted octanol–water partition coefficient (Wildman–Crippen LogP) is 1.19. The van der Waals surface area contributed by atoms with Crippen LogP contribution in [0.2, 0.25) is 0 Å². The Morgan fingerprint density at radius 3 is 2.32 bits per heavy atom. The Morgan fingerprint density at radius 2 is 1.71 bits per heavy atom. The van der Waals surface area contributed by atoms with E-state index in [1.807, 2.05) is 0 Å². The molecular formula is C19H18N2O7. The third-order valence-corrected chi connectivity index (χ3v) is 3.36. The number of aromatic nitrogens is 1. The summed E-state index contributed by atoms with van der Waals surface area (Å²) in [4.78, 5) is 50.1. The predicted molar refractivity (Wildman–Crippen MR) is 95.4 cm³/mol. The van der Waals surface area contributed by atoms with Gasteiger partial charge in [0.1, 0.15) is 6.04 Å². The van der Waals surface area contributed by atoms with Crippen molar-refractivity contribution in [3.05, 3.63) is 53.9 Å². The van der Waals surface area contributed by atoms with E-state index in [4.69, 9.17) is 19.9 Å². The third-order valence-electron chi connectivity index (χ3n) is 3.36. The molecule has 0 saturated heterocycles. The molecular weight excluding hydrogens is 368 g/mol. The second-order valence-corrected chi connectivity index (χ2v) is 5.73. The molecule has 146 valence electrons. The Morgan fingerprint density at radius 1 is 1.04 bits per heavy atom. The number of esters is 4. The number of carbonyl (C=O) groups excluding carboxylic acids is 4. The first-order valence-corrected chi connectivity index (χ1v) is 8.17. The SMILES string of the molecule is CC(=O)Oc1ccc(C[C@H](N)C(=O)OC(=O)c2cccnc2)cc1OC(C)=O. The first-order valence-electron chi connectivity index (χ1n) is 8.17. The summed E-state index contributed by atoms with van der Waals surface area (Å²) in [5.41, 5.74) is 6.43. The van der Waals surface area contributed by atoms with Crippen molar-refractivity contribution < 1.29 is 33.4 Å². The molecule has 2 N–H and O–H groups in total. The zero-order valence-electron chi connectivity index (χ0n) is 15.2. The van der Waals surface area contributed by atoms with E-state index in [9.17, 15) is 19.2 Å². The van der Waals surface area contributed by atoms with Gasteiger partial charge in [-0.1, -0.05) is 6.07 Å². The van der Waals surface area contributed by atoms with Gasteiger partial charge in [0, 0.05) is 26.2 Å². The summed E-state index contributed by atoms with van der Waals surface area (Å²) < 4.78 is 14.7. The smallest absolute Gasteiger partial charge is 0.347 e. The Balaban J connectivity index is 2.08. The van der Waals surface area contributed by atoms with Gasteiger partial charge in [0.25, 0.3) is 0 Å². The van der Waals surface area contributed by atoms with Crippen LogP contribution in [0.1, 0.15) is 29.8 Å². The number of nitrogens with zero attached hydrogens (tertiary/aromatic N) is 1. The molecule has 2 rings (SSSR count). The molecule has 0 aliphatic rings. The Hall–Kier alpha value is -3.59. The molecule has 9 heteroatoms. The Labute approximate surface area is 160 Å². The van der Waals surface area contributed by atoms with Gasteiger partial charge in [-0.05, 0) is 36.2 Å². The summed E-state index contributed by atoms with van der Waals surface area (Å²) in [5, 5.41) is 0. The fraction of sp³-hybridized carbons (Fsp3) is 0.211. The van der Waals surface area contributed by atoms with Crippen molar-refractivity contribution >= 4 is 23.9 Å². The monoisotopic (exact) mass is 386 g/mol. The number of hydrogen-bond acceptors (Lipinski definition) is 9. The van der Waals surface area contributed by atoms with Crippen LogP contribution in [0, 0.1) is 0 Å². The number of rotatable bonds is 6. The molecule has 1 heterocycles. The molecule has 0 amide bonds. The first-order chi connectivity index (χ1) is 13.3. The van der Waals surface area contributed by atoms with E-state index in [1.165, 1.54) is 50.5 Å². The summed E-state index contributed by atoms with van der Waals surface area (Å²) in [5.74, 6) is -2.93. The van der Waals surface area contributed by atoms with Crippen LogP contribution in [0.3, 0.4) is 0 Å². The number of ether oxygens (including phenoxy) is 3. The van der Waals surface area contributed by atoms with Crippen molar-refractivity contribution in [2.75, 3.05) is 0 Å². The molecule has 1 aromatic heterocycles. The number of benzene rings is 1. The van der Waals surface area contributed by atoms with E-state index in [2.05, 4.69) is 4.98 Å². The zero-order chi connectivity index (χ0) is 20.7. The maximum absolute atomic E-state index is 12.1. The topological polar surface area (TPSA) is 135 Å². The van der Waals surface area contributed by atoms with Crippen molar-refractivity contribution in [2.45, 2.75) is 26.3 Å². The van der Waals surface area contributed by atoms with Crippen LogP contribution < -0.4 is 15.2 Å². The highest BCUT2D eigenvalue weighted by Gasteiger charge is 2.21. The van der Waals surface area contributed by atoms with Gasteiger partial charge in [-0.15, -0.1) is 0 Å². The van der Waals surface area contributed by atoms with Gasteiger partial charge < -0.3 is 19.9 Å². The van der Waals surface area contributed by atoms with E-state index in [0.29, 0.717) is 5.56 Å². The van der Waals surface area contributed by atoms with Crippen LogP contribution in [-0.2, 0) is 25.5 Å². The highest BCUT2D eigenvalue weighted by Crippen LogP contribution is 2.29.